The Morgan fingerprint density at radius 1 is 0.971 bits per heavy atom. The third-order valence-electron chi connectivity index (χ3n) is 6.07. The minimum Gasteiger partial charge on any atom is -0.493 e. The van der Waals surface area contributed by atoms with Gasteiger partial charge in [-0.2, -0.15) is 0 Å². The SMILES string of the molecule is COc1ccc(CCN2COc3ccc4cc(-c5ccc(Cl)cc5)c(=O)oc4c3C2)cc1OC. The van der Waals surface area contributed by atoms with Gasteiger partial charge in [0.05, 0.1) is 25.3 Å². The summed E-state index contributed by atoms with van der Waals surface area (Å²) in [5, 5.41) is 1.47. The van der Waals surface area contributed by atoms with Crippen molar-refractivity contribution in [2.75, 3.05) is 27.5 Å². The smallest absolute Gasteiger partial charge is 0.344 e. The van der Waals surface area contributed by atoms with Crippen molar-refractivity contribution in [3.05, 3.63) is 87.2 Å². The quantitative estimate of drug-likeness (QED) is 0.340. The molecule has 1 aliphatic rings. The van der Waals surface area contributed by atoms with Crippen LogP contribution in [0.3, 0.4) is 0 Å². The Hall–Kier alpha value is -3.48. The van der Waals surface area contributed by atoms with E-state index in [-0.39, 0.29) is 5.63 Å². The number of hydrogen-bond donors (Lipinski definition) is 0. The van der Waals surface area contributed by atoms with E-state index >= 15 is 0 Å². The summed E-state index contributed by atoms with van der Waals surface area (Å²) in [5.74, 6) is 2.17. The number of methoxy groups -OCH3 is 2. The summed E-state index contributed by atoms with van der Waals surface area (Å²) < 4.78 is 22.5. The highest BCUT2D eigenvalue weighted by Gasteiger charge is 2.22. The summed E-state index contributed by atoms with van der Waals surface area (Å²) in [5.41, 5.74) is 3.48. The molecular weight excluding hydrogens is 454 g/mol. The van der Waals surface area contributed by atoms with Crippen molar-refractivity contribution in [1.82, 2.24) is 4.90 Å². The van der Waals surface area contributed by atoms with Crippen molar-refractivity contribution in [2.24, 2.45) is 0 Å². The van der Waals surface area contributed by atoms with E-state index in [9.17, 15) is 4.79 Å². The van der Waals surface area contributed by atoms with Crippen LogP contribution in [0.4, 0.5) is 0 Å². The molecule has 174 valence electrons. The van der Waals surface area contributed by atoms with E-state index in [1.165, 1.54) is 0 Å². The van der Waals surface area contributed by atoms with Gasteiger partial charge in [-0.1, -0.05) is 29.8 Å². The molecule has 3 aromatic carbocycles. The zero-order chi connectivity index (χ0) is 23.7. The summed E-state index contributed by atoms with van der Waals surface area (Å²) in [6, 6.07) is 18.8. The monoisotopic (exact) mass is 477 g/mol. The van der Waals surface area contributed by atoms with E-state index in [0.29, 0.717) is 40.9 Å². The van der Waals surface area contributed by atoms with Gasteiger partial charge in [-0.15, -0.1) is 0 Å². The van der Waals surface area contributed by atoms with Gasteiger partial charge in [-0.25, -0.2) is 4.79 Å². The van der Waals surface area contributed by atoms with Gasteiger partial charge in [-0.3, -0.25) is 4.90 Å². The second kappa shape index (κ2) is 9.41. The maximum absolute atomic E-state index is 12.8. The van der Waals surface area contributed by atoms with Gasteiger partial charge in [-0.05, 0) is 60.0 Å². The van der Waals surface area contributed by atoms with Gasteiger partial charge in [0.2, 0.25) is 0 Å². The Morgan fingerprint density at radius 3 is 2.53 bits per heavy atom. The summed E-state index contributed by atoms with van der Waals surface area (Å²) in [6.45, 7) is 1.88. The number of halogens is 1. The fraction of sp³-hybridized carbons (Fsp3) is 0.222. The van der Waals surface area contributed by atoms with Gasteiger partial charge >= 0.3 is 5.63 Å². The van der Waals surface area contributed by atoms with E-state index in [1.807, 2.05) is 48.5 Å². The molecule has 1 aliphatic heterocycles. The highest BCUT2D eigenvalue weighted by molar-refractivity contribution is 6.30. The maximum atomic E-state index is 12.8. The summed E-state index contributed by atoms with van der Waals surface area (Å²) in [7, 11) is 3.26. The first-order valence-electron chi connectivity index (χ1n) is 11.0. The number of ether oxygens (including phenoxy) is 3. The number of hydrogen-bond acceptors (Lipinski definition) is 6. The molecule has 0 saturated heterocycles. The third kappa shape index (κ3) is 4.34. The molecule has 0 unspecified atom stereocenters. The minimum atomic E-state index is -0.384. The molecule has 5 rings (SSSR count). The molecule has 0 bridgehead atoms. The number of nitrogens with zero attached hydrogens (tertiary/aromatic N) is 1. The molecule has 0 aliphatic carbocycles. The molecule has 0 saturated carbocycles. The van der Waals surface area contributed by atoms with Crippen LogP contribution in [0.1, 0.15) is 11.1 Å². The van der Waals surface area contributed by atoms with Crippen LogP contribution >= 0.6 is 11.6 Å². The molecule has 0 N–H and O–H groups in total. The molecule has 2 heterocycles. The van der Waals surface area contributed by atoms with Gasteiger partial charge in [0.1, 0.15) is 18.1 Å². The molecule has 0 atom stereocenters. The Labute approximate surface area is 202 Å². The molecular formula is C27H24ClNO5. The fourth-order valence-corrected chi connectivity index (χ4v) is 4.36. The highest BCUT2D eigenvalue weighted by Crippen LogP contribution is 2.34. The van der Waals surface area contributed by atoms with Crippen molar-refractivity contribution in [1.29, 1.82) is 0 Å². The lowest BCUT2D eigenvalue weighted by molar-refractivity contribution is 0.0967. The van der Waals surface area contributed by atoms with Crippen LogP contribution in [-0.4, -0.2) is 32.4 Å². The molecule has 6 nitrogen and oxygen atoms in total. The van der Waals surface area contributed by atoms with Crippen molar-refractivity contribution in [3.8, 4) is 28.4 Å². The van der Waals surface area contributed by atoms with Crippen molar-refractivity contribution in [2.45, 2.75) is 13.0 Å². The summed E-state index contributed by atoms with van der Waals surface area (Å²) in [4.78, 5) is 15.0. The second-order valence-electron chi connectivity index (χ2n) is 8.18. The average Bonchev–Trinajstić information content (AvgIpc) is 2.87. The third-order valence-corrected chi connectivity index (χ3v) is 6.32. The van der Waals surface area contributed by atoms with Crippen molar-refractivity contribution < 1.29 is 18.6 Å². The Kier molecular flexibility index (Phi) is 6.18. The van der Waals surface area contributed by atoms with Crippen LogP contribution < -0.4 is 19.8 Å². The standard InChI is InChI=1S/C27H24ClNO5/c1-31-24-9-3-17(13-25(24)32-2)11-12-29-15-22-23(33-16-29)10-6-19-14-21(27(30)34-26(19)22)18-4-7-20(28)8-5-18/h3-10,13-14H,11-12,15-16H2,1-2H3. The Morgan fingerprint density at radius 2 is 1.76 bits per heavy atom. The normalized spacial score (nSPS) is 13.4. The van der Waals surface area contributed by atoms with Crippen LogP contribution in [0, 0.1) is 0 Å². The fourth-order valence-electron chi connectivity index (χ4n) is 4.24. The van der Waals surface area contributed by atoms with E-state index in [4.69, 9.17) is 30.2 Å². The predicted molar refractivity (Wildman–Crippen MR) is 132 cm³/mol. The molecule has 34 heavy (non-hydrogen) atoms. The topological polar surface area (TPSA) is 61.1 Å². The minimum absolute atomic E-state index is 0.384. The lowest BCUT2D eigenvalue weighted by Crippen LogP contribution is -2.33. The largest absolute Gasteiger partial charge is 0.493 e. The first-order chi connectivity index (χ1) is 16.6. The van der Waals surface area contributed by atoms with E-state index in [1.54, 1.807) is 26.4 Å². The summed E-state index contributed by atoms with van der Waals surface area (Å²) in [6.07, 6.45) is 0.814. The van der Waals surface area contributed by atoms with Gasteiger partial charge in [0.15, 0.2) is 11.5 Å². The maximum Gasteiger partial charge on any atom is 0.344 e. The van der Waals surface area contributed by atoms with Crippen LogP contribution in [0.25, 0.3) is 22.1 Å². The van der Waals surface area contributed by atoms with Gasteiger partial charge in [0.25, 0.3) is 0 Å². The lowest BCUT2D eigenvalue weighted by atomic mass is 10.0. The van der Waals surface area contributed by atoms with Crippen LogP contribution in [0.2, 0.25) is 5.02 Å². The zero-order valence-corrected chi connectivity index (χ0v) is 19.7. The van der Waals surface area contributed by atoms with Crippen molar-refractivity contribution in [3.63, 3.8) is 0 Å². The number of benzene rings is 3. The molecule has 0 fully saturated rings. The molecule has 0 radical (unpaired) electrons. The molecule has 7 heteroatoms. The predicted octanol–water partition coefficient (Wildman–Crippen LogP) is 5.53. The van der Waals surface area contributed by atoms with Crippen LogP contribution in [0.5, 0.6) is 17.2 Å². The molecule has 0 spiro atoms. The summed E-state index contributed by atoms with van der Waals surface area (Å²) >= 11 is 5.99. The lowest BCUT2D eigenvalue weighted by Gasteiger charge is -2.29. The first kappa shape index (κ1) is 22.3. The average molecular weight is 478 g/mol. The van der Waals surface area contributed by atoms with E-state index < -0.39 is 0 Å². The Balaban J connectivity index is 1.39. The second-order valence-corrected chi connectivity index (χ2v) is 8.62. The van der Waals surface area contributed by atoms with Crippen LogP contribution in [-0.2, 0) is 13.0 Å². The number of fused-ring (bicyclic) bond motifs is 3. The van der Waals surface area contributed by atoms with Crippen LogP contribution in [0.15, 0.2) is 69.9 Å². The molecule has 4 aromatic rings. The Bertz CT molecular complexity index is 1400. The molecule has 0 amide bonds. The van der Waals surface area contributed by atoms with Gasteiger partial charge < -0.3 is 18.6 Å². The molecule has 1 aromatic heterocycles. The van der Waals surface area contributed by atoms with Crippen molar-refractivity contribution >= 4 is 22.6 Å². The van der Waals surface area contributed by atoms with Gasteiger partial charge in [0, 0.05) is 23.5 Å². The highest BCUT2D eigenvalue weighted by atomic mass is 35.5. The van der Waals surface area contributed by atoms with E-state index in [0.717, 1.165) is 40.8 Å². The van der Waals surface area contributed by atoms with E-state index in [2.05, 4.69) is 4.90 Å². The zero-order valence-electron chi connectivity index (χ0n) is 19.0. The first-order valence-corrected chi connectivity index (χ1v) is 11.4. The number of rotatable bonds is 6.